The maximum atomic E-state index is 13.9. The van der Waals surface area contributed by atoms with Gasteiger partial charge >= 0.3 is 6.18 Å². The van der Waals surface area contributed by atoms with Crippen molar-refractivity contribution in [2.45, 2.75) is 64.5 Å². The van der Waals surface area contributed by atoms with Crippen LogP contribution in [0.5, 0.6) is 0 Å². The Bertz CT molecular complexity index is 1320. The van der Waals surface area contributed by atoms with Gasteiger partial charge in [-0.3, -0.25) is 4.79 Å². The molecule has 1 amide bonds. The van der Waals surface area contributed by atoms with Gasteiger partial charge in [0, 0.05) is 31.3 Å². The third kappa shape index (κ3) is 12.7. The van der Waals surface area contributed by atoms with Crippen molar-refractivity contribution in [2.75, 3.05) is 20.1 Å². The number of hydrogen-bond acceptors (Lipinski definition) is 4. The van der Waals surface area contributed by atoms with Gasteiger partial charge in [0.15, 0.2) is 0 Å². The molecule has 0 aliphatic heterocycles. The van der Waals surface area contributed by atoms with E-state index in [0.717, 1.165) is 60.8 Å². The first-order valence-corrected chi connectivity index (χ1v) is 13.9. The summed E-state index contributed by atoms with van der Waals surface area (Å²) >= 11 is 0. The van der Waals surface area contributed by atoms with Gasteiger partial charge in [-0.05, 0) is 80.4 Å². The van der Waals surface area contributed by atoms with Crippen molar-refractivity contribution < 1.29 is 31.9 Å². The lowest BCUT2D eigenvalue weighted by molar-refractivity contribution is -0.137. The van der Waals surface area contributed by atoms with Crippen LogP contribution in [0.15, 0.2) is 60.7 Å². The Hall–Kier alpha value is -2.76. The maximum absolute atomic E-state index is 13.9. The Kier molecular flexibility index (Phi) is 16.3. The molecule has 2 atom stereocenters. The standard InChI is InChI=1S/C32H38F5N3O2.2ClH/c1-4-5-9-40(3)20-24-10-21(2)11-25(12-24)31(42)39-29(16-23-14-27(33)17-28(34)15-23)30(41)19-38-18-22-7-6-8-26(13-22)32(35,36)37;;/h6-8,10-15,17,29-30,38,41H,4-5,9,16,18-20H2,1-3H3,(H,39,42);2*1H/t29-,30-;;/m0../s1. The molecule has 3 N–H and O–H groups in total. The van der Waals surface area contributed by atoms with Gasteiger partial charge in [-0.25, -0.2) is 8.78 Å². The first-order chi connectivity index (χ1) is 19.8. The zero-order chi connectivity index (χ0) is 30.9. The molecule has 5 nitrogen and oxygen atoms in total. The molecule has 0 bridgehead atoms. The molecule has 3 aromatic carbocycles. The van der Waals surface area contributed by atoms with Crippen molar-refractivity contribution in [3.8, 4) is 0 Å². The van der Waals surface area contributed by atoms with Crippen LogP contribution in [0.3, 0.4) is 0 Å². The molecule has 44 heavy (non-hydrogen) atoms. The average molecular weight is 665 g/mol. The Balaban J connectivity index is 0.00000484. The minimum Gasteiger partial charge on any atom is -0.390 e. The highest BCUT2D eigenvalue weighted by molar-refractivity contribution is 5.94. The molecule has 3 rings (SSSR count). The smallest absolute Gasteiger partial charge is 0.390 e. The number of alkyl halides is 3. The Morgan fingerprint density at radius 2 is 1.64 bits per heavy atom. The van der Waals surface area contributed by atoms with E-state index in [1.165, 1.54) is 12.1 Å². The second-order valence-electron chi connectivity index (χ2n) is 10.8. The third-order valence-corrected chi connectivity index (χ3v) is 6.84. The highest BCUT2D eigenvalue weighted by Gasteiger charge is 2.30. The molecule has 0 aromatic heterocycles. The van der Waals surface area contributed by atoms with Crippen molar-refractivity contribution in [1.82, 2.24) is 15.5 Å². The summed E-state index contributed by atoms with van der Waals surface area (Å²) in [6.45, 7) is 5.50. The number of amides is 1. The number of nitrogens with zero attached hydrogens (tertiary/aromatic N) is 1. The molecular weight excluding hydrogens is 624 g/mol. The minimum atomic E-state index is -4.48. The van der Waals surface area contributed by atoms with E-state index >= 15 is 0 Å². The van der Waals surface area contributed by atoms with Crippen LogP contribution in [-0.2, 0) is 25.7 Å². The molecular formula is C32H40Cl2F5N3O2. The second kappa shape index (κ2) is 18.3. The lowest BCUT2D eigenvalue weighted by Crippen LogP contribution is -2.48. The average Bonchev–Trinajstić information content (AvgIpc) is 2.90. The van der Waals surface area contributed by atoms with Crippen LogP contribution >= 0.6 is 24.8 Å². The number of benzene rings is 3. The molecule has 0 saturated heterocycles. The summed E-state index contributed by atoms with van der Waals surface area (Å²) in [6.07, 6.45) is -3.66. The van der Waals surface area contributed by atoms with Crippen molar-refractivity contribution in [3.63, 3.8) is 0 Å². The van der Waals surface area contributed by atoms with Gasteiger partial charge in [0.1, 0.15) is 11.6 Å². The highest BCUT2D eigenvalue weighted by Crippen LogP contribution is 2.29. The molecule has 0 aliphatic carbocycles. The predicted octanol–water partition coefficient (Wildman–Crippen LogP) is 6.86. The summed E-state index contributed by atoms with van der Waals surface area (Å²) in [6, 6.07) is 12.4. The predicted molar refractivity (Wildman–Crippen MR) is 167 cm³/mol. The van der Waals surface area contributed by atoms with E-state index in [1.54, 1.807) is 12.1 Å². The van der Waals surface area contributed by atoms with Crippen molar-refractivity contribution in [3.05, 3.63) is 106 Å². The van der Waals surface area contributed by atoms with Crippen molar-refractivity contribution in [1.29, 1.82) is 0 Å². The number of aryl methyl sites for hydroxylation is 1. The lowest BCUT2D eigenvalue weighted by Gasteiger charge is -2.25. The first kappa shape index (κ1) is 39.3. The van der Waals surface area contributed by atoms with E-state index in [9.17, 15) is 31.9 Å². The molecule has 0 radical (unpaired) electrons. The molecule has 0 saturated carbocycles. The number of carbonyl (C=O) groups excluding carboxylic acids is 1. The number of aliphatic hydroxyl groups excluding tert-OH is 1. The molecule has 0 fully saturated rings. The zero-order valence-electron chi connectivity index (χ0n) is 24.9. The van der Waals surface area contributed by atoms with Crippen LogP contribution in [0.2, 0.25) is 0 Å². The highest BCUT2D eigenvalue weighted by atomic mass is 35.5. The van der Waals surface area contributed by atoms with Crippen LogP contribution in [-0.4, -0.2) is 48.2 Å². The molecule has 0 aliphatic rings. The van der Waals surface area contributed by atoms with Crippen LogP contribution in [0, 0.1) is 18.6 Å². The number of nitrogens with one attached hydrogen (secondary N) is 2. The van der Waals surface area contributed by atoms with Gasteiger partial charge in [0.25, 0.3) is 5.91 Å². The maximum Gasteiger partial charge on any atom is 0.416 e. The molecule has 12 heteroatoms. The molecule has 244 valence electrons. The van der Waals surface area contributed by atoms with Gasteiger partial charge in [-0.15, -0.1) is 24.8 Å². The SMILES string of the molecule is CCCCN(C)Cc1cc(C)cc(C(=O)N[C@@H](Cc2cc(F)cc(F)c2)[C@@H](O)CNCc2cccc(C(F)(F)F)c2)c1.Cl.Cl. The number of halogens is 7. The molecule has 0 spiro atoms. The summed E-state index contributed by atoms with van der Waals surface area (Å²) in [5.74, 6) is -2.04. The van der Waals surface area contributed by atoms with Gasteiger partial charge < -0.3 is 20.6 Å². The topological polar surface area (TPSA) is 64.6 Å². The van der Waals surface area contributed by atoms with Crippen LogP contribution < -0.4 is 10.6 Å². The van der Waals surface area contributed by atoms with Crippen LogP contribution in [0.25, 0.3) is 0 Å². The summed E-state index contributed by atoms with van der Waals surface area (Å²) in [4.78, 5) is 15.5. The normalized spacial score (nSPS) is 12.7. The largest absolute Gasteiger partial charge is 0.416 e. The monoisotopic (exact) mass is 663 g/mol. The van der Waals surface area contributed by atoms with Gasteiger partial charge in [-0.2, -0.15) is 13.2 Å². The third-order valence-electron chi connectivity index (χ3n) is 6.84. The zero-order valence-corrected chi connectivity index (χ0v) is 26.5. The number of hydrogen-bond donors (Lipinski definition) is 3. The fraction of sp³-hybridized carbons (Fsp3) is 0.406. The van der Waals surface area contributed by atoms with Gasteiger partial charge in [-0.1, -0.05) is 43.2 Å². The number of unbranched alkanes of at least 4 members (excludes halogenated alkanes) is 1. The van der Waals surface area contributed by atoms with E-state index in [4.69, 9.17) is 0 Å². The van der Waals surface area contributed by atoms with Crippen LogP contribution in [0.4, 0.5) is 22.0 Å². The Labute approximate surface area is 268 Å². The Morgan fingerprint density at radius 3 is 2.27 bits per heavy atom. The summed E-state index contributed by atoms with van der Waals surface area (Å²) in [7, 11) is 2.01. The number of aliphatic hydroxyl groups is 1. The van der Waals surface area contributed by atoms with Crippen molar-refractivity contribution >= 4 is 30.7 Å². The quantitative estimate of drug-likeness (QED) is 0.165. The summed E-state index contributed by atoms with van der Waals surface area (Å²) < 4.78 is 67.0. The number of carbonyl (C=O) groups is 1. The van der Waals surface area contributed by atoms with E-state index in [1.807, 2.05) is 20.0 Å². The fourth-order valence-electron chi connectivity index (χ4n) is 4.79. The first-order valence-electron chi connectivity index (χ1n) is 13.9. The summed E-state index contributed by atoms with van der Waals surface area (Å²) in [5, 5.41) is 16.7. The van der Waals surface area contributed by atoms with Crippen LogP contribution in [0.1, 0.15) is 57.9 Å². The molecule has 3 aromatic rings. The Morgan fingerprint density at radius 1 is 0.955 bits per heavy atom. The van der Waals surface area contributed by atoms with Gasteiger partial charge in [0.05, 0.1) is 17.7 Å². The second-order valence-corrected chi connectivity index (χ2v) is 10.8. The fourth-order valence-corrected chi connectivity index (χ4v) is 4.79. The van der Waals surface area contributed by atoms with Gasteiger partial charge in [0.2, 0.25) is 0 Å². The van der Waals surface area contributed by atoms with Crippen molar-refractivity contribution in [2.24, 2.45) is 0 Å². The molecule has 0 unspecified atom stereocenters. The summed E-state index contributed by atoms with van der Waals surface area (Å²) in [5.41, 5.74) is 2.03. The van der Waals surface area contributed by atoms with E-state index < -0.39 is 41.4 Å². The van der Waals surface area contributed by atoms with E-state index in [-0.39, 0.29) is 49.9 Å². The number of rotatable bonds is 14. The van der Waals surface area contributed by atoms with E-state index in [2.05, 4.69) is 22.5 Å². The minimum absolute atomic E-state index is 0. The lowest BCUT2D eigenvalue weighted by atomic mass is 9.99. The molecule has 0 heterocycles. The van der Waals surface area contributed by atoms with E-state index in [0.29, 0.717) is 17.7 Å².